The molecule has 1 heterocycles. The number of rotatable bonds is 1. The first kappa shape index (κ1) is 8.98. The number of nitrogens with zero attached hydrogens (tertiary/aromatic N) is 1. The number of hydrogen-bond donors (Lipinski definition) is 0. The van der Waals surface area contributed by atoms with Crippen molar-refractivity contribution >= 4 is 11.3 Å². The minimum Gasteiger partial charge on any atom is -0.192 e. The molecule has 0 aliphatic carbocycles. The fourth-order valence-electron chi connectivity index (χ4n) is 1.38. The summed E-state index contributed by atoms with van der Waals surface area (Å²) in [5.41, 5.74) is 4.45. The Bertz CT molecular complexity index is 474. The number of nitriles is 1. The first-order valence-electron chi connectivity index (χ1n) is 4.34. The van der Waals surface area contributed by atoms with Crippen molar-refractivity contribution in [1.82, 2.24) is 0 Å². The van der Waals surface area contributed by atoms with Crippen molar-refractivity contribution in [2.24, 2.45) is 0 Å². The molecule has 1 aromatic carbocycles. The quantitative estimate of drug-likeness (QED) is 0.688. The molecular weight excluding hydrogens is 190 g/mol. The third kappa shape index (κ3) is 1.55. The molecule has 0 bridgehead atoms. The summed E-state index contributed by atoms with van der Waals surface area (Å²) < 4.78 is 0. The van der Waals surface area contributed by atoms with Crippen LogP contribution in [-0.4, -0.2) is 0 Å². The molecule has 14 heavy (non-hydrogen) atoms. The Morgan fingerprint density at radius 1 is 1.14 bits per heavy atom. The largest absolute Gasteiger partial charge is 0.192 e. The van der Waals surface area contributed by atoms with Crippen molar-refractivity contribution < 1.29 is 0 Å². The van der Waals surface area contributed by atoms with Gasteiger partial charge in [-0.15, -0.1) is 0 Å². The zero-order valence-electron chi connectivity index (χ0n) is 7.82. The van der Waals surface area contributed by atoms with Gasteiger partial charge in [0.15, 0.2) is 0 Å². The monoisotopic (exact) mass is 199 g/mol. The highest BCUT2D eigenvalue weighted by molar-refractivity contribution is 7.08. The zero-order chi connectivity index (χ0) is 9.97. The first-order chi connectivity index (χ1) is 6.81. The molecule has 0 spiro atoms. The smallest absolute Gasteiger partial charge is 0.0991 e. The second-order valence-corrected chi connectivity index (χ2v) is 3.90. The Hall–Kier alpha value is -1.59. The molecule has 0 amide bonds. The molecule has 0 fully saturated rings. The molecule has 0 atom stereocenters. The van der Waals surface area contributed by atoms with E-state index in [0.717, 1.165) is 0 Å². The topological polar surface area (TPSA) is 23.8 Å². The Morgan fingerprint density at radius 3 is 2.36 bits per heavy atom. The summed E-state index contributed by atoms with van der Waals surface area (Å²) in [5, 5.41) is 12.9. The van der Waals surface area contributed by atoms with Crippen LogP contribution >= 0.6 is 11.3 Å². The van der Waals surface area contributed by atoms with Gasteiger partial charge in [0.1, 0.15) is 0 Å². The van der Waals surface area contributed by atoms with Crippen molar-refractivity contribution in [3.8, 4) is 17.2 Å². The van der Waals surface area contributed by atoms with Crippen LogP contribution in [0.15, 0.2) is 35.0 Å². The SMILES string of the molecule is Cc1cscc1-c1ccc(C#N)cc1. The normalized spacial score (nSPS) is 9.71. The lowest BCUT2D eigenvalue weighted by Gasteiger charge is -1.99. The molecule has 1 nitrogen and oxygen atoms in total. The molecule has 2 rings (SSSR count). The van der Waals surface area contributed by atoms with Crippen LogP contribution in [0.3, 0.4) is 0 Å². The lowest BCUT2D eigenvalue weighted by atomic mass is 10.0. The molecule has 0 aliphatic heterocycles. The second-order valence-electron chi connectivity index (χ2n) is 3.16. The minimum absolute atomic E-state index is 0.710. The number of hydrogen-bond acceptors (Lipinski definition) is 2. The van der Waals surface area contributed by atoms with Crippen molar-refractivity contribution in [3.63, 3.8) is 0 Å². The van der Waals surface area contributed by atoms with Crippen LogP contribution in [0.1, 0.15) is 11.1 Å². The number of aryl methyl sites for hydroxylation is 1. The van der Waals surface area contributed by atoms with Gasteiger partial charge in [0, 0.05) is 0 Å². The molecule has 0 unspecified atom stereocenters. The van der Waals surface area contributed by atoms with Crippen molar-refractivity contribution in [3.05, 3.63) is 46.2 Å². The third-order valence-corrected chi connectivity index (χ3v) is 3.04. The highest BCUT2D eigenvalue weighted by Crippen LogP contribution is 2.26. The summed E-state index contributed by atoms with van der Waals surface area (Å²) in [6, 6.07) is 9.81. The van der Waals surface area contributed by atoms with Crippen LogP contribution in [-0.2, 0) is 0 Å². The molecule has 0 saturated carbocycles. The standard InChI is InChI=1S/C12H9NS/c1-9-7-14-8-12(9)11-4-2-10(6-13)3-5-11/h2-5,7-8H,1H3. The van der Waals surface area contributed by atoms with E-state index in [1.807, 2.05) is 24.3 Å². The van der Waals surface area contributed by atoms with Gasteiger partial charge < -0.3 is 0 Å². The van der Waals surface area contributed by atoms with E-state index in [1.165, 1.54) is 16.7 Å². The van der Waals surface area contributed by atoms with Gasteiger partial charge in [0.2, 0.25) is 0 Å². The van der Waals surface area contributed by atoms with Gasteiger partial charge in [0.05, 0.1) is 11.6 Å². The fourth-order valence-corrected chi connectivity index (χ4v) is 2.24. The van der Waals surface area contributed by atoms with Gasteiger partial charge in [-0.2, -0.15) is 16.6 Å². The fraction of sp³-hybridized carbons (Fsp3) is 0.0833. The van der Waals surface area contributed by atoms with Crippen molar-refractivity contribution in [2.45, 2.75) is 6.92 Å². The van der Waals surface area contributed by atoms with Crippen molar-refractivity contribution in [2.75, 3.05) is 0 Å². The maximum Gasteiger partial charge on any atom is 0.0991 e. The van der Waals surface area contributed by atoms with E-state index in [-0.39, 0.29) is 0 Å². The molecule has 0 radical (unpaired) electrons. The highest BCUT2D eigenvalue weighted by atomic mass is 32.1. The van der Waals surface area contributed by atoms with Crippen LogP contribution in [0, 0.1) is 18.3 Å². The lowest BCUT2D eigenvalue weighted by molar-refractivity contribution is 1.48. The second kappa shape index (κ2) is 3.65. The molecule has 0 aliphatic rings. The van der Waals surface area contributed by atoms with E-state index in [1.54, 1.807) is 11.3 Å². The Labute approximate surface area is 87.3 Å². The Kier molecular flexibility index (Phi) is 2.34. The van der Waals surface area contributed by atoms with Gasteiger partial charge in [-0.25, -0.2) is 0 Å². The summed E-state index contributed by atoms with van der Waals surface area (Å²) in [6.45, 7) is 2.10. The molecule has 1 aromatic heterocycles. The third-order valence-electron chi connectivity index (χ3n) is 2.18. The lowest BCUT2D eigenvalue weighted by Crippen LogP contribution is -1.78. The predicted molar refractivity (Wildman–Crippen MR) is 59.2 cm³/mol. The first-order valence-corrected chi connectivity index (χ1v) is 5.29. The number of benzene rings is 1. The molecular formula is C12H9NS. The van der Waals surface area contributed by atoms with Crippen LogP contribution in [0.2, 0.25) is 0 Å². The van der Waals surface area contributed by atoms with Crippen molar-refractivity contribution in [1.29, 1.82) is 5.26 Å². The summed E-state index contributed by atoms with van der Waals surface area (Å²) in [7, 11) is 0. The van der Waals surface area contributed by atoms with E-state index in [2.05, 4.69) is 23.8 Å². The summed E-state index contributed by atoms with van der Waals surface area (Å²) >= 11 is 1.71. The van der Waals surface area contributed by atoms with Gasteiger partial charge >= 0.3 is 0 Å². The van der Waals surface area contributed by atoms with Gasteiger partial charge in [-0.05, 0) is 46.5 Å². The molecule has 0 saturated heterocycles. The van der Waals surface area contributed by atoms with Crippen LogP contribution in [0.5, 0.6) is 0 Å². The van der Waals surface area contributed by atoms with E-state index in [0.29, 0.717) is 5.56 Å². The van der Waals surface area contributed by atoms with Crippen LogP contribution in [0.25, 0.3) is 11.1 Å². The van der Waals surface area contributed by atoms with Gasteiger partial charge in [-0.1, -0.05) is 12.1 Å². The summed E-state index contributed by atoms with van der Waals surface area (Å²) in [6.07, 6.45) is 0. The molecule has 0 N–H and O–H groups in total. The Morgan fingerprint density at radius 2 is 1.86 bits per heavy atom. The average Bonchev–Trinajstić information content (AvgIpc) is 2.65. The molecule has 68 valence electrons. The van der Waals surface area contributed by atoms with Crippen LogP contribution in [0.4, 0.5) is 0 Å². The van der Waals surface area contributed by atoms with E-state index >= 15 is 0 Å². The predicted octanol–water partition coefficient (Wildman–Crippen LogP) is 3.60. The van der Waals surface area contributed by atoms with Gasteiger partial charge in [0.25, 0.3) is 0 Å². The van der Waals surface area contributed by atoms with Gasteiger partial charge in [-0.3, -0.25) is 0 Å². The zero-order valence-corrected chi connectivity index (χ0v) is 8.64. The van der Waals surface area contributed by atoms with E-state index in [9.17, 15) is 0 Å². The minimum atomic E-state index is 0.710. The van der Waals surface area contributed by atoms with Crippen LogP contribution < -0.4 is 0 Å². The summed E-state index contributed by atoms with van der Waals surface area (Å²) in [4.78, 5) is 0. The van der Waals surface area contributed by atoms with E-state index in [4.69, 9.17) is 5.26 Å². The number of thiophene rings is 1. The average molecular weight is 199 g/mol. The molecule has 2 aromatic rings. The Balaban J connectivity index is 2.45. The highest BCUT2D eigenvalue weighted by Gasteiger charge is 2.01. The maximum absolute atomic E-state index is 8.67. The van der Waals surface area contributed by atoms with E-state index < -0.39 is 0 Å². The maximum atomic E-state index is 8.67. The molecule has 2 heteroatoms. The summed E-state index contributed by atoms with van der Waals surface area (Å²) in [5.74, 6) is 0.